The minimum Gasteiger partial charge on any atom is -0.444 e. The van der Waals surface area contributed by atoms with E-state index in [0.717, 1.165) is 30.3 Å². The molecule has 1 atom stereocenters. The summed E-state index contributed by atoms with van der Waals surface area (Å²) < 4.78 is 5.89. The Morgan fingerprint density at radius 1 is 1.31 bits per heavy atom. The number of nitrogens with zero attached hydrogens (tertiary/aromatic N) is 2. The summed E-state index contributed by atoms with van der Waals surface area (Å²) in [5.41, 5.74) is 1.81. The number of thioether (sulfide) groups is 1. The molecule has 7 heteroatoms. The van der Waals surface area contributed by atoms with Gasteiger partial charge in [0, 0.05) is 23.4 Å². The number of guanidine groups is 1. The third-order valence-electron chi connectivity index (χ3n) is 4.25. The zero-order valence-electron chi connectivity index (χ0n) is 15.3. The lowest BCUT2D eigenvalue weighted by atomic mass is 10.1. The van der Waals surface area contributed by atoms with E-state index >= 15 is 0 Å². The minimum absolute atomic E-state index is 0. The van der Waals surface area contributed by atoms with Crippen molar-refractivity contribution in [3.8, 4) is 11.5 Å². The van der Waals surface area contributed by atoms with Gasteiger partial charge in [-0.1, -0.05) is 18.2 Å². The number of aliphatic imine (C=N–C) groups is 1. The fraction of sp³-hybridized carbons (Fsp3) is 0.474. The van der Waals surface area contributed by atoms with Crippen molar-refractivity contribution in [1.82, 2.24) is 15.6 Å². The standard InChI is InChI=1S/C19H26N4OS.HI/c1-3-20-18(22-14-19(2)10-7-11-25-19)21-12-16-13-24-17(23-16)15-8-5-4-6-9-15;/h4-6,8-9,13H,3,7,10-12,14H2,1-2H3,(H2,20,21,22);1H. The average molecular weight is 486 g/mol. The van der Waals surface area contributed by atoms with E-state index in [1.165, 1.54) is 18.6 Å². The molecule has 0 radical (unpaired) electrons. The maximum absolute atomic E-state index is 5.58. The highest BCUT2D eigenvalue weighted by atomic mass is 127. The Hall–Kier alpha value is -1.22. The SMILES string of the molecule is CCNC(=NCc1coc(-c2ccccc2)n1)NCC1(C)CCCS1.I. The van der Waals surface area contributed by atoms with E-state index in [-0.39, 0.29) is 24.0 Å². The van der Waals surface area contributed by atoms with Crippen molar-refractivity contribution < 1.29 is 4.42 Å². The van der Waals surface area contributed by atoms with Crippen molar-refractivity contribution in [3.05, 3.63) is 42.3 Å². The topological polar surface area (TPSA) is 62.5 Å². The van der Waals surface area contributed by atoms with E-state index in [0.29, 0.717) is 17.2 Å². The van der Waals surface area contributed by atoms with Crippen LogP contribution in [0.2, 0.25) is 0 Å². The first-order valence-electron chi connectivity index (χ1n) is 8.84. The summed E-state index contributed by atoms with van der Waals surface area (Å²) in [6.07, 6.45) is 4.25. The summed E-state index contributed by atoms with van der Waals surface area (Å²) in [5, 5.41) is 6.78. The first kappa shape index (κ1) is 21.1. The number of rotatable bonds is 6. The fourth-order valence-electron chi connectivity index (χ4n) is 2.84. The van der Waals surface area contributed by atoms with Crippen LogP contribution in [-0.4, -0.2) is 34.5 Å². The first-order chi connectivity index (χ1) is 12.2. The van der Waals surface area contributed by atoms with Crippen molar-refractivity contribution >= 4 is 41.7 Å². The van der Waals surface area contributed by atoms with Crippen LogP contribution in [0.3, 0.4) is 0 Å². The molecule has 0 spiro atoms. The molecule has 2 N–H and O–H groups in total. The summed E-state index contributed by atoms with van der Waals surface area (Å²) in [6, 6.07) is 9.92. The maximum Gasteiger partial charge on any atom is 0.226 e. The number of benzene rings is 1. The van der Waals surface area contributed by atoms with Crippen molar-refractivity contribution in [2.75, 3.05) is 18.8 Å². The Labute approximate surface area is 176 Å². The quantitative estimate of drug-likeness (QED) is 0.362. The molecule has 1 saturated heterocycles. The van der Waals surface area contributed by atoms with Crippen molar-refractivity contribution in [2.24, 2.45) is 4.99 Å². The molecule has 2 aromatic rings. The lowest BCUT2D eigenvalue weighted by Crippen LogP contribution is -2.43. The van der Waals surface area contributed by atoms with Gasteiger partial charge in [-0.15, -0.1) is 24.0 Å². The minimum atomic E-state index is 0. The molecule has 26 heavy (non-hydrogen) atoms. The van der Waals surface area contributed by atoms with Gasteiger partial charge in [0.2, 0.25) is 5.89 Å². The van der Waals surface area contributed by atoms with Crippen molar-refractivity contribution in [1.29, 1.82) is 0 Å². The van der Waals surface area contributed by atoms with E-state index in [2.05, 4.69) is 34.5 Å². The van der Waals surface area contributed by atoms with Gasteiger partial charge in [0.1, 0.15) is 12.0 Å². The Kier molecular flexibility index (Phi) is 8.27. The summed E-state index contributed by atoms with van der Waals surface area (Å²) in [6.45, 7) is 6.66. The molecule has 2 heterocycles. The maximum atomic E-state index is 5.58. The predicted octanol–water partition coefficient (Wildman–Crippen LogP) is 4.30. The molecule has 1 aromatic carbocycles. The van der Waals surface area contributed by atoms with Crippen LogP contribution in [0, 0.1) is 0 Å². The molecule has 5 nitrogen and oxygen atoms in total. The fourth-order valence-corrected chi connectivity index (χ4v) is 4.09. The molecule has 0 aliphatic carbocycles. The van der Waals surface area contributed by atoms with Gasteiger partial charge in [0.05, 0.1) is 6.54 Å². The zero-order valence-corrected chi connectivity index (χ0v) is 18.5. The van der Waals surface area contributed by atoms with Crippen LogP contribution < -0.4 is 10.6 Å². The molecule has 0 amide bonds. The second kappa shape index (κ2) is 10.2. The van der Waals surface area contributed by atoms with Gasteiger partial charge in [-0.3, -0.25) is 0 Å². The molecule has 1 aliphatic heterocycles. The Bertz CT molecular complexity index is 699. The van der Waals surface area contributed by atoms with Crippen LogP contribution in [-0.2, 0) is 6.54 Å². The molecule has 1 aliphatic rings. The smallest absolute Gasteiger partial charge is 0.226 e. The molecule has 1 aromatic heterocycles. The third kappa shape index (κ3) is 5.90. The second-order valence-corrected chi connectivity index (χ2v) is 8.14. The number of halogens is 1. The highest BCUT2D eigenvalue weighted by Crippen LogP contribution is 2.36. The second-order valence-electron chi connectivity index (χ2n) is 6.46. The van der Waals surface area contributed by atoms with Gasteiger partial charge < -0.3 is 15.1 Å². The number of hydrogen-bond acceptors (Lipinski definition) is 4. The molecular formula is C19H27IN4OS. The first-order valence-corrected chi connectivity index (χ1v) is 9.83. The molecule has 0 saturated carbocycles. The van der Waals surface area contributed by atoms with E-state index in [9.17, 15) is 0 Å². The molecule has 1 fully saturated rings. The molecule has 0 bridgehead atoms. The van der Waals surface area contributed by atoms with Crippen LogP contribution in [0.25, 0.3) is 11.5 Å². The highest BCUT2D eigenvalue weighted by Gasteiger charge is 2.29. The van der Waals surface area contributed by atoms with Crippen molar-refractivity contribution in [2.45, 2.75) is 38.0 Å². The Morgan fingerprint density at radius 3 is 2.81 bits per heavy atom. The summed E-state index contributed by atoms with van der Waals surface area (Å²) >= 11 is 2.05. The highest BCUT2D eigenvalue weighted by molar-refractivity contribution is 14.0. The number of oxazole rings is 1. The van der Waals surface area contributed by atoms with E-state index < -0.39 is 0 Å². The van der Waals surface area contributed by atoms with Gasteiger partial charge in [-0.25, -0.2) is 9.98 Å². The number of nitrogens with one attached hydrogen (secondary N) is 2. The van der Waals surface area contributed by atoms with Gasteiger partial charge in [-0.2, -0.15) is 11.8 Å². The predicted molar refractivity (Wildman–Crippen MR) is 120 cm³/mol. The summed E-state index contributed by atoms with van der Waals surface area (Å²) in [4.78, 5) is 9.18. The number of aromatic nitrogens is 1. The zero-order chi connectivity index (χ0) is 17.5. The monoisotopic (exact) mass is 486 g/mol. The molecular weight excluding hydrogens is 459 g/mol. The van der Waals surface area contributed by atoms with Gasteiger partial charge in [0.15, 0.2) is 5.96 Å². The largest absolute Gasteiger partial charge is 0.444 e. The van der Waals surface area contributed by atoms with Gasteiger partial charge >= 0.3 is 0 Å². The normalized spacial score (nSPS) is 19.8. The van der Waals surface area contributed by atoms with Gasteiger partial charge in [0.25, 0.3) is 0 Å². The summed E-state index contributed by atoms with van der Waals surface area (Å²) in [5.74, 6) is 2.73. The van der Waals surface area contributed by atoms with Crippen molar-refractivity contribution in [3.63, 3.8) is 0 Å². The van der Waals surface area contributed by atoms with E-state index in [1.54, 1.807) is 6.26 Å². The molecule has 3 rings (SSSR count). The Morgan fingerprint density at radius 2 is 2.12 bits per heavy atom. The third-order valence-corrected chi connectivity index (χ3v) is 5.78. The van der Waals surface area contributed by atoms with Crippen LogP contribution in [0.15, 0.2) is 46.0 Å². The van der Waals surface area contributed by atoms with E-state index in [4.69, 9.17) is 4.42 Å². The molecule has 142 valence electrons. The molecule has 1 unspecified atom stereocenters. The van der Waals surface area contributed by atoms with Crippen LogP contribution in [0.5, 0.6) is 0 Å². The van der Waals surface area contributed by atoms with Crippen LogP contribution in [0.4, 0.5) is 0 Å². The van der Waals surface area contributed by atoms with Crippen LogP contribution in [0.1, 0.15) is 32.4 Å². The average Bonchev–Trinajstić information content (AvgIpc) is 3.28. The van der Waals surface area contributed by atoms with Gasteiger partial charge in [-0.05, 0) is 44.6 Å². The lowest BCUT2D eigenvalue weighted by molar-refractivity contribution is 0.572. The number of hydrogen-bond donors (Lipinski definition) is 2. The van der Waals surface area contributed by atoms with E-state index in [1.807, 2.05) is 42.1 Å². The summed E-state index contributed by atoms with van der Waals surface area (Å²) in [7, 11) is 0. The lowest BCUT2D eigenvalue weighted by Gasteiger charge is -2.24. The van der Waals surface area contributed by atoms with Crippen LogP contribution >= 0.6 is 35.7 Å². The Balaban J connectivity index is 0.00000243.